The lowest BCUT2D eigenvalue weighted by Gasteiger charge is -2.30. The van der Waals surface area contributed by atoms with Crippen LogP contribution >= 0.6 is 0 Å². The van der Waals surface area contributed by atoms with Crippen molar-refractivity contribution < 1.29 is 8.42 Å². The number of benzene rings is 1. The molecular weight excluding hydrogens is 412 g/mol. The maximum absolute atomic E-state index is 12.4. The molecule has 31 heavy (non-hydrogen) atoms. The van der Waals surface area contributed by atoms with Crippen molar-refractivity contribution in [1.29, 1.82) is 0 Å². The number of imidazole rings is 1. The van der Waals surface area contributed by atoms with Gasteiger partial charge in [-0.1, -0.05) is 25.1 Å². The van der Waals surface area contributed by atoms with Gasteiger partial charge < -0.3 is 11.1 Å². The Morgan fingerprint density at radius 2 is 2.00 bits per heavy atom. The molecule has 2 aromatic heterocycles. The summed E-state index contributed by atoms with van der Waals surface area (Å²) >= 11 is 0. The molecule has 1 saturated heterocycles. The van der Waals surface area contributed by atoms with Crippen LogP contribution in [-0.2, 0) is 16.4 Å². The van der Waals surface area contributed by atoms with Crippen LogP contribution in [0.5, 0.6) is 0 Å². The van der Waals surface area contributed by atoms with E-state index in [4.69, 9.17) is 10.7 Å². The molecule has 0 radical (unpaired) electrons. The lowest BCUT2D eigenvalue weighted by Crippen LogP contribution is -2.39. The minimum absolute atomic E-state index is 0.0395. The van der Waals surface area contributed by atoms with E-state index in [2.05, 4.69) is 32.9 Å². The van der Waals surface area contributed by atoms with Gasteiger partial charge in [-0.3, -0.25) is 4.40 Å². The van der Waals surface area contributed by atoms with E-state index in [0.29, 0.717) is 25.3 Å². The number of nitrogens with two attached hydrogens (primary N) is 1. The highest BCUT2D eigenvalue weighted by Gasteiger charge is 2.33. The van der Waals surface area contributed by atoms with Crippen LogP contribution in [0.1, 0.15) is 55.2 Å². The maximum Gasteiger partial charge on any atom is 0.214 e. The van der Waals surface area contributed by atoms with E-state index in [0.717, 1.165) is 42.0 Å². The van der Waals surface area contributed by atoms with E-state index in [1.807, 2.05) is 19.2 Å². The van der Waals surface area contributed by atoms with Crippen molar-refractivity contribution in [3.05, 3.63) is 53.7 Å². The molecule has 2 aliphatic heterocycles. The van der Waals surface area contributed by atoms with E-state index < -0.39 is 10.0 Å². The number of sulfonamides is 1. The molecule has 5 rings (SSSR count). The average molecular weight is 441 g/mol. The summed E-state index contributed by atoms with van der Waals surface area (Å²) in [6, 6.07) is 8.34. The van der Waals surface area contributed by atoms with Gasteiger partial charge in [-0.2, -0.15) is 0 Å². The number of nitrogens with zero attached hydrogens (tertiary/aromatic N) is 4. The third-order valence-electron chi connectivity index (χ3n) is 6.41. The van der Waals surface area contributed by atoms with Gasteiger partial charge in [0.2, 0.25) is 10.0 Å². The quantitative estimate of drug-likeness (QED) is 0.632. The number of rotatable bonds is 5. The molecule has 9 heteroatoms. The van der Waals surface area contributed by atoms with Gasteiger partial charge in [-0.25, -0.2) is 22.7 Å². The minimum atomic E-state index is -3.16. The fraction of sp³-hybridized carbons (Fsp3) is 0.455. The highest BCUT2D eigenvalue weighted by atomic mass is 32.2. The summed E-state index contributed by atoms with van der Waals surface area (Å²) < 4.78 is 28.6. The predicted octanol–water partition coefficient (Wildman–Crippen LogP) is 2.94. The van der Waals surface area contributed by atoms with Crippen molar-refractivity contribution in [3.63, 3.8) is 0 Å². The van der Waals surface area contributed by atoms with E-state index in [1.165, 1.54) is 5.56 Å². The number of hydrogen-bond donors (Lipinski definition) is 2. The van der Waals surface area contributed by atoms with E-state index >= 15 is 0 Å². The van der Waals surface area contributed by atoms with Gasteiger partial charge in [0.25, 0.3) is 0 Å². The zero-order chi connectivity index (χ0) is 21.6. The summed E-state index contributed by atoms with van der Waals surface area (Å²) in [7, 11) is -3.16. The number of nitrogens with one attached hydrogen (secondary N) is 1. The molecule has 1 fully saturated rings. The van der Waals surface area contributed by atoms with Crippen LogP contribution in [0.4, 0.5) is 11.5 Å². The Labute approximate surface area is 182 Å². The molecule has 0 spiro atoms. The van der Waals surface area contributed by atoms with Crippen LogP contribution in [0.25, 0.3) is 5.52 Å². The third-order valence-corrected chi connectivity index (χ3v) is 8.49. The first-order valence-corrected chi connectivity index (χ1v) is 12.5. The first-order chi connectivity index (χ1) is 15.0. The molecule has 8 nitrogen and oxygen atoms in total. The summed E-state index contributed by atoms with van der Waals surface area (Å²) in [5, 5.41) is 3.58. The molecule has 3 N–H and O–H groups in total. The molecule has 3 aromatic rings. The van der Waals surface area contributed by atoms with Crippen LogP contribution in [0, 0.1) is 0 Å². The Morgan fingerprint density at radius 3 is 2.74 bits per heavy atom. The van der Waals surface area contributed by atoms with Gasteiger partial charge in [0.1, 0.15) is 17.2 Å². The maximum atomic E-state index is 12.4. The smallest absolute Gasteiger partial charge is 0.214 e. The molecule has 0 bridgehead atoms. The number of piperidine rings is 1. The van der Waals surface area contributed by atoms with Crippen LogP contribution < -0.4 is 11.1 Å². The number of hydrogen-bond acceptors (Lipinski definition) is 6. The number of nitrogen functional groups attached to an aromatic ring is 1. The van der Waals surface area contributed by atoms with E-state index in [-0.39, 0.29) is 17.7 Å². The molecule has 1 unspecified atom stereocenters. The first-order valence-electron chi connectivity index (χ1n) is 10.9. The van der Waals surface area contributed by atoms with Crippen LogP contribution in [0.2, 0.25) is 0 Å². The number of fused-ring (bicyclic) bond motifs is 2. The van der Waals surface area contributed by atoms with E-state index in [9.17, 15) is 8.42 Å². The molecule has 1 atom stereocenters. The Bertz CT molecular complexity index is 1190. The standard InChI is InChI=1S/C22H28N6O2S/c1-2-13-31(29,30)27-10-7-15(8-11-27)22-26-19(20-21(23)24-9-12-28(20)22)18-14-16-5-3-4-6-17(16)25-18/h3-6,9,12,15,18,25H,2,7-8,10-11,13-14H2,1H3,(H2,23,24). The van der Waals surface area contributed by atoms with Crippen LogP contribution in [0.15, 0.2) is 36.7 Å². The normalized spacial score (nSPS) is 20.1. The second-order valence-electron chi connectivity index (χ2n) is 8.43. The average Bonchev–Trinajstić information content (AvgIpc) is 3.36. The highest BCUT2D eigenvalue weighted by molar-refractivity contribution is 7.89. The Morgan fingerprint density at radius 1 is 1.23 bits per heavy atom. The van der Waals surface area contributed by atoms with Crippen molar-refractivity contribution in [3.8, 4) is 0 Å². The fourth-order valence-electron chi connectivity index (χ4n) is 4.89. The molecule has 164 valence electrons. The molecule has 0 aliphatic carbocycles. The predicted molar refractivity (Wildman–Crippen MR) is 122 cm³/mol. The highest BCUT2D eigenvalue weighted by Crippen LogP contribution is 2.38. The SMILES string of the molecule is CCCS(=O)(=O)N1CCC(c2nc(C3Cc4ccccc4N3)c3c(N)nccn23)CC1. The monoisotopic (exact) mass is 440 g/mol. The number of aromatic nitrogens is 3. The van der Waals surface area contributed by atoms with Gasteiger partial charge in [-0.15, -0.1) is 0 Å². The fourth-order valence-corrected chi connectivity index (χ4v) is 6.43. The molecule has 0 amide bonds. The van der Waals surface area contributed by atoms with Gasteiger partial charge in [-0.05, 0) is 30.9 Å². The van der Waals surface area contributed by atoms with Crippen molar-refractivity contribution in [2.24, 2.45) is 0 Å². The van der Waals surface area contributed by atoms with Crippen LogP contribution in [-0.4, -0.2) is 45.9 Å². The van der Waals surface area contributed by atoms with Crippen molar-refractivity contribution in [2.75, 3.05) is 29.9 Å². The van der Waals surface area contributed by atoms with E-state index in [1.54, 1.807) is 10.5 Å². The van der Waals surface area contributed by atoms with Gasteiger partial charge in [0.05, 0.1) is 17.5 Å². The number of para-hydroxylation sites is 1. The largest absolute Gasteiger partial charge is 0.382 e. The van der Waals surface area contributed by atoms with Crippen LogP contribution in [0.3, 0.4) is 0 Å². The summed E-state index contributed by atoms with van der Waals surface area (Å²) in [6.07, 6.45) is 6.61. The lowest BCUT2D eigenvalue weighted by molar-refractivity contribution is 0.313. The topological polar surface area (TPSA) is 106 Å². The summed E-state index contributed by atoms with van der Waals surface area (Å²) in [5.74, 6) is 1.81. The molecule has 2 aliphatic rings. The first kappa shape index (κ1) is 20.3. The van der Waals surface area contributed by atoms with Crippen molar-refractivity contribution in [1.82, 2.24) is 18.7 Å². The zero-order valence-corrected chi connectivity index (χ0v) is 18.5. The van der Waals surface area contributed by atoms with Crippen molar-refractivity contribution >= 4 is 27.0 Å². The second-order valence-corrected chi connectivity index (χ2v) is 10.5. The van der Waals surface area contributed by atoms with Gasteiger partial charge in [0.15, 0.2) is 0 Å². The molecular formula is C22H28N6O2S. The lowest BCUT2D eigenvalue weighted by atomic mass is 9.97. The zero-order valence-electron chi connectivity index (χ0n) is 17.7. The third kappa shape index (κ3) is 3.55. The summed E-state index contributed by atoms with van der Waals surface area (Å²) in [5.41, 5.74) is 10.5. The Hall–Kier alpha value is -2.65. The van der Waals surface area contributed by atoms with Crippen molar-refractivity contribution in [2.45, 2.75) is 44.6 Å². The Balaban J connectivity index is 1.46. The minimum Gasteiger partial charge on any atom is -0.382 e. The second kappa shape index (κ2) is 7.80. The van der Waals surface area contributed by atoms with Gasteiger partial charge >= 0.3 is 0 Å². The van der Waals surface area contributed by atoms with Gasteiger partial charge in [0, 0.05) is 43.5 Å². The summed E-state index contributed by atoms with van der Waals surface area (Å²) in [6.45, 7) is 2.96. The summed E-state index contributed by atoms with van der Waals surface area (Å²) in [4.78, 5) is 9.39. The molecule has 0 saturated carbocycles. The number of anilines is 2. The molecule has 4 heterocycles. The molecule has 1 aromatic carbocycles. The Kier molecular flexibility index (Phi) is 5.10.